The molecule has 1 aliphatic rings. The average Bonchev–Trinajstić information content (AvgIpc) is 2.69. The summed E-state index contributed by atoms with van der Waals surface area (Å²) in [5, 5.41) is 0.736. The minimum atomic E-state index is -0.00200. The second kappa shape index (κ2) is 6.98. The molecule has 0 fully saturated rings. The first-order chi connectivity index (χ1) is 12.3. The zero-order chi connectivity index (χ0) is 17.1. The molecule has 0 saturated heterocycles. The summed E-state index contributed by atoms with van der Waals surface area (Å²) in [7, 11) is 0. The standard InChI is InChI=1S/C18H16N6S/c19-18-24-15(7-17(25-18)16-10-20-4-5-23-16)13-3-1-2-12(6-13)14-8-21-11-22-9-14/h1-6,8-11,15,17H,7H2,(H2,19,24). The van der Waals surface area contributed by atoms with Crippen molar-refractivity contribution in [2.75, 3.05) is 0 Å². The van der Waals surface area contributed by atoms with Gasteiger partial charge in [-0.25, -0.2) is 9.97 Å². The van der Waals surface area contributed by atoms with Crippen molar-refractivity contribution in [1.29, 1.82) is 0 Å². The number of hydrogen-bond acceptors (Lipinski definition) is 7. The molecule has 0 bridgehead atoms. The zero-order valence-electron chi connectivity index (χ0n) is 13.4. The van der Waals surface area contributed by atoms with Gasteiger partial charge in [0.2, 0.25) is 0 Å². The Morgan fingerprint density at radius 3 is 2.68 bits per heavy atom. The highest BCUT2D eigenvalue weighted by molar-refractivity contribution is 8.14. The van der Waals surface area contributed by atoms with E-state index in [0.29, 0.717) is 5.17 Å². The lowest BCUT2D eigenvalue weighted by Gasteiger charge is -2.25. The Balaban J connectivity index is 1.64. The van der Waals surface area contributed by atoms with E-state index in [1.807, 2.05) is 24.5 Å². The number of hydrogen-bond donors (Lipinski definition) is 1. The van der Waals surface area contributed by atoms with E-state index in [1.54, 1.807) is 30.4 Å². The Morgan fingerprint density at radius 2 is 1.88 bits per heavy atom. The molecule has 1 aliphatic heterocycles. The number of rotatable bonds is 3. The summed E-state index contributed by atoms with van der Waals surface area (Å²) in [4.78, 5) is 21.4. The summed E-state index contributed by atoms with van der Waals surface area (Å²) >= 11 is 1.54. The van der Waals surface area contributed by atoms with Crippen LogP contribution in [-0.4, -0.2) is 25.1 Å². The number of benzene rings is 1. The minimum absolute atomic E-state index is 0.00200. The van der Waals surface area contributed by atoms with Gasteiger partial charge in [0.25, 0.3) is 0 Å². The summed E-state index contributed by atoms with van der Waals surface area (Å²) in [5.41, 5.74) is 10.2. The van der Waals surface area contributed by atoms with Gasteiger partial charge in [0, 0.05) is 36.5 Å². The Hall–Kier alpha value is -2.80. The summed E-state index contributed by atoms with van der Waals surface area (Å²) < 4.78 is 0. The fourth-order valence-corrected chi connectivity index (χ4v) is 3.88. The van der Waals surface area contributed by atoms with Crippen LogP contribution in [0.1, 0.15) is 29.0 Å². The number of nitrogens with two attached hydrogens (primary N) is 1. The molecule has 0 aliphatic carbocycles. The topological polar surface area (TPSA) is 89.9 Å². The lowest BCUT2D eigenvalue weighted by molar-refractivity contribution is 0.630. The van der Waals surface area contributed by atoms with Gasteiger partial charge in [0.1, 0.15) is 6.33 Å². The van der Waals surface area contributed by atoms with Gasteiger partial charge in [0.05, 0.1) is 17.0 Å². The molecular formula is C18H16N6S. The predicted molar refractivity (Wildman–Crippen MR) is 98.8 cm³/mol. The Morgan fingerprint density at radius 1 is 1.00 bits per heavy atom. The molecule has 124 valence electrons. The molecule has 0 saturated carbocycles. The predicted octanol–water partition coefficient (Wildman–Crippen LogP) is 3.17. The van der Waals surface area contributed by atoms with E-state index in [9.17, 15) is 0 Å². The SMILES string of the molecule is NC1=NC(c2cccc(-c3cncnc3)c2)CC(c2cnccn2)S1. The van der Waals surface area contributed by atoms with Gasteiger partial charge in [-0.15, -0.1) is 0 Å². The normalized spacial score (nSPS) is 20.1. The van der Waals surface area contributed by atoms with Crippen molar-refractivity contribution in [2.24, 2.45) is 10.7 Å². The third-order valence-corrected chi connectivity index (χ3v) is 5.13. The number of aliphatic imine (C=N–C) groups is 1. The van der Waals surface area contributed by atoms with Crippen molar-refractivity contribution in [3.05, 3.63) is 72.8 Å². The van der Waals surface area contributed by atoms with Crippen LogP contribution in [0.2, 0.25) is 0 Å². The molecule has 2 N–H and O–H groups in total. The van der Waals surface area contributed by atoms with E-state index in [0.717, 1.165) is 28.8 Å². The van der Waals surface area contributed by atoms with Crippen LogP contribution in [0, 0.1) is 0 Å². The van der Waals surface area contributed by atoms with E-state index in [4.69, 9.17) is 5.73 Å². The van der Waals surface area contributed by atoms with Crippen LogP contribution in [0.5, 0.6) is 0 Å². The monoisotopic (exact) mass is 348 g/mol. The molecule has 1 aromatic carbocycles. The summed E-state index contributed by atoms with van der Waals surface area (Å²) in [5.74, 6) is 0. The largest absolute Gasteiger partial charge is 0.379 e. The quantitative estimate of drug-likeness (QED) is 0.782. The maximum atomic E-state index is 6.08. The van der Waals surface area contributed by atoms with Crippen molar-refractivity contribution in [2.45, 2.75) is 17.7 Å². The highest BCUT2D eigenvalue weighted by Gasteiger charge is 2.27. The minimum Gasteiger partial charge on any atom is -0.379 e. The first-order valence-corrected chi connectivity index (χ1v) is 8.79. The molecular weight excluding hydrogens is 332 g/mol. The molecule has 0 spiro atoms. The van der Waals surface area contributed by atoms with Crippen molar-refractivity contribution in [3.63, 3.8) is 0 Å². The van der Waals surface area contributed by atoms with Crippen LogP contribution in [0.25, 0.3) is 11.1 Å². The van der Waals surface area contributed by atoms with E-state index < -0.39 is 0 Å². The van der Waals surface area contributed by atoms with Crippen molar-refractivity contribution in [3.8, 4) is 11.1 Å². The molecule has 2 atom stereocenters. The smallest absolute Gasteiger partial charge is 0.155 e. The van der Waals surface area contributed by atoms with E-state index in [1.165, 1.54) is 6.33 Å². The number of nitrogens with zero attached hydrogens (tertiary/aromatic N) is 5. The Bertz CT molecular complexity index is 884. The van der Waals surface area contributed by atoms with E-state index in [-0.39, 0.29) is 11.3 Å². The van der Waals surface area contributed by atoms with Crippen LogP contribution in [-0.2, 0) is 0 Å². The molecule has 3 aromatic rings. The molecule has 4 rings (SSSR count). The molecule has 3 heterocycles. The average molecular weight is 348 g/mol. The first-order valence-electron chi connectivity index (χ1n) is 7.91. The van der Waals surface area contributed by atoms with E-state index >= 15 is 0 Å². The highest BCUT2D eigenvalue weighted by atomic mass is 32.2. The molecule has 0 radical (unpaired) electrons. The lowest BCUT2D eigenvalue weighted by atomic mass is 9.97. The van der Waals surface area contributed by atoms with Crippen LogP contribution >= 0.6 is 11.8 Å². The summed E-state index contributed by atoms with van der Waals surface area (Å²) in [6.07, 6.45) is 11.2. The summed E-state index contributed by atoms with van der Waals surface area (Å²) in [6.45, 7) is 0. The Labute approximate surface area is 149 Å². The van der Waals surface area contributed by atoms with Crippen molar-refractivity contribution < 1.29 is 0 Å². The molecule has 2 aromatic heterocycles. The molecule has 2 unspecified atom stereocenters. The maximum Gasteiger partial charge on any atom is 0.155 e. The van der Waals surface area contributed by atoms with Gasteiger partial charge < -0.3 is 5.73 Å². The van der Waals surface area contributed by atoms with Gasteiger partial charge in [-0.2, -0.15) is 0 Å². The molecule has 7 heteroatoms. The fourth-order valence-electron chi connectivity index (χ4n) is 2.88. The van der Waals surface area contributed by atoms with Crippen LogP contribution < -0.4 is 5.73 Å². The van der Waals surface area contributed by atoms with Gasteiger partial charge in [-0.1, -0.05) is 30.0 Å². The van der Waals surface area contributed by atoms with Gasteiger partial charge in [0.15, 0.2) is 5.17 Å². The van der Waals surface area contributed by atoms with Gasteiger partial charge in [-0.05, 0) is 23.6 Å². The van der Waals surface area contributed by atoms with Crippen molar-refractivity contribution in [1.82, 2.24) is 19.9 Å². The van der Waals surface area contributed by atoms with Gasteiger partial charge >= 0.3 is 0 Å². The van der Waals surface area contributed by atoms with Crippen LogP contribution in [0.4, 0.5) is 0 Å². The number of aromatic nitrogens is 4. The summed E-state index contributed by atoms with van der Waals surface area (Å²) in [6, 6.07) is 8.29. The van der Waals surface area contributed by atoms with Crippen LogP contribution in [0.3, 0.4) is 0 Å². The third kappa shape index (κ3) is 3.51. The van der Waals surface area contributed by atoms with Gasteiger partial charge in [-0.3, -0.25) is 15.0 Å². The van der Waals surface area contributed by atoms with E-state index in [2.05, 4.69) is 37.1 Å². The first kappa shape index (κ1) is 15.7. The zero-order valence-corrected chi connectivity index (χ0v) is 14.2. The number of amidine groups is 1. The van der Waals surface area contributed by atoms with Crippen molar-refractivity contribution >= 4 is 16.9 Å². The fraction of sp³-hybridized carbons (Fsp3) is 0.167. The molecule has 6 nitrogen and oxygen atoms in total. The Kier molecular flexibility index (Phi) is 4.39. The van der Waals surface area contributed by atoms with Crippen LogP contribution in [0.15, 0.2) is 66.6 Å². The third-order valence-electron chi connectivity index (χ3n) is 4.06. The lowest BCUT2D eigenvalue weighted by Crippen LogP contribution is -2.19. The highest BCUT2D eigenvalue weighted by Crippen LogP contribution is 2.42. The molecule has 25 heavy (non-hydrogen) atoms. The maximum absolute atomic E-state index is 6.08. The molecule has 0 amide bonds. The second-order valence-corrected chi connectivity index (χ2v) is 6.93. The number of thioether (sulfide) groups is 1. The second-order valence-electron chi connectivity index (χ2n) is 5.71.